The van der Waals surface area contributed by atoms with Crippen LogP contribution in [0.2, 0.25) is 0 Å². The van der Waals surface area contributed by atoms with Crippen LogP contribution in [0.15, 0.2) is 17.8 Å². The molecule has 0 spiro atoms. The van der Waals surface area contributed by atoms with Gasteiger partial charge in [-0.25, -0.2) is 4.98 Å². The van der Waals surface area contributed by atoms with Crippen LogP contribution < -0.4 is 5.32 Å². The summed E-state index contributed by atoms with van der Waals surface area (Å²) in [6, 6.07) is 0.221. The highest BCUT2D eigenvalue weighted by molar-refractivity contribution is 7.10. The van der Waals surface area contributed by atoms with Gasteiger partial charge in [0.2, 0.25) is 0 Å². The fourth-order valence-electron chi connectivity index (χ4n) is 3.43. The zero-order valence-electron chi connectivity index (χ0n) is 12.0. The van der Waals surface area contributed by atoms with E-state index in [1.807, 2.05) is 12.4 Å². The standard InChI is InChI=1S/C16H19N3OS/c20-16(13-10-21-14-4-2-1-3-12(13)14)18-11-5-6-15-17-7-8-19(15)9-11/h7-8,10-11H,1-6,9H2,(H,18,20)/t11-/m0/s1. The van der Waals surface area contributed by atoms with E-state index in [1.165, 1.54) is 23.3 Å². The number of imidazole rings is 1. The van der Waals surface area contributed by atoms with Gasteiger partial charge in [0.1, 0.15) is 5.82 Å². The summed E-state index contributed by atoms with van der Waals surface area (Å²) in [7, 11) is 0. The molecule has 110 valence electrons. The monoisotopic (exact) mass is 301 g/mol. The van der Waals surface area contributed by atoms with Crippen molar-refractivity contribution in [1.82, 2.24) is 14.9 Å². The van der Waals surface area contributed by atoms with Crippen LogP contribution in [0.4, 0.5) is 0 Å². The Hall–Kier alpha value is -1.62. The van der Waals surface area contributed by atoms with Crippen LogP contribution in [0.3, 0.4) is 0 Å². The first-order valence-electron chi connectivity index (χ1n) is 7.71. The third-order valence-corrected chi connectivity index (χ3v) is 5.66. The third kappa shape index (κ3) is 2.39. The van der Waals surface area contributed by atoms with Crippen molar-refractivity contribution in [3.05, 3.63) is 39.6 Å². The molecule has 0 aromatic carbocycles. The minimum Gasteiger partial charge on any atom is -0.347 e. The number of hydrogen-bond acceptors (Lipinski definition) is 3. The van der Waals surface area contributed by atoms with Crippen molar-refractivity contribution < 1.29 is 4.79 Å². The number of nitrogens with one attached hydrogen (secondary N) is 1. The maximum atomic E-state index is 12.6. The summed E-state index contributed by atoms with van der Waals surface area (Å²) in [6.07, 6.45) is 10.5. The van der Waals surface area contributed by atoms with Gasteiger partial charge in [0.25, 0.3) is 5.91 Å². The first-order chi connectivity index (χ1) is 10.3. The quantitative estimate of drug-likeness (QED) is 0.926. The smallest absolute Gasteiger partial charge is 0.252 e. The van der Waals surface area contributed by atoms with Crippen LogP contribution in [-0.4, -0.2) is 21.5 Å². The van der Waals surface area contributed by atoms with Crippen molar-refractivity contribution >= 4 is 17.2 Å². The lowest BCUT2D eigenvalue weighted by molar-refractivity contribution is 0.0927. The van der Waals surface area contributed by atoms with Crippen LogP contribution >= 0.6 is 11.3 Å². The molecular formula is C16H19N3OS. The number of aryl methyl sites for hydroxylation is 2. The van der Waals surface area contributed by atoms with Crippen molar-refractivity contribution in [2.75, 3.05) is 0 Å². The highest BCUT2D eigenvalue weighted by atomic mass is 32.1. The zero-order chi connectivity index (χ0) is 14.2. The molecule has 0 radical (unpaired) electrons. The van der Waals surface area contributed by atoms with Gasteiger partial charge in [-0.1, -0.05) is 0 Å². The molecule has 21 heavy (non-hydrogen) atoms. The highest BCUT2D eigenvalue weighted by Gasteiger charge is 2.24. The van der Waals surface area contributed by atoms with Crippen molar-refractivity contribution in [3.63, 3.8) is 0 Å². The Morgan fingerprint density at radius 1 is 1.33 bits per heavy atom. The highest BCUT2D eigenvalue weighted by Crippen LogP contribution is 2.30. The van der Waals surface area contributed by atoms with Gasteiger partial charge in [-0.05, 0) is 37.7 Å². The summed E-state index contributed by atoms with van der Waals surface area (Å²) in [5.74, 6) is 1.25. The van der Waals surface area contributed by atoms with Crippen molar-refractivity contribution in [3.8, 4) is 0 Å². The second-order valence-corrected chi connectivity index (χ2v) is 6.93. The predicted octanol–water partition coefficient (Wildman–Crippen LogP) is 2.57. The number of aromatic nitrogens is 2. The van der Waals surface area contributed by atoms with Crippen molar-refractivity contribution in [2.24, 2.45) is 0 Å². The Kier molecular flexibility index (Phi) is 3.30. The summed E-state index contributed by atoms with van der Waals surface area (Å²) < 4.78 is 2.15. The number of rotatable bonds is 2. The molecule has 0 unspecified atom stereocenters. The van der Waals surface area contributed by atoms with Crippen LogP contribution in [0, 0.1) is 0 Å². The van der Waals surface area contributed by atoms with Gasteiger partial charge in [-0.2, -0.15) is 0 Å². The zero-order valence-corrected chi connectivity index (χ0v) is 12.8. The number of carbonyl (C=O) groups is 1. The molecule has 5 heteroatoms. The Morgan fingerprint density at radius 2 is 2.24 bits per heavy atom. The van der Waals surface area contributed by atoms with Gasteiger partial charge in [0.05, 0.1) is 5.56 Å². The molecule has 4 nitrogen and oxygen atoms in total. The van der Waals surface area contributed by atoms with Crippen LogP contribution in [0.1, 0.15) is 45.9 Å². The Morgan fingerprint density at radius 3 is 3.19 bits per heavy atom. The normalized spacial score (nSPS) is 20.7. The van der Waals surface area contributed by atoms with Crippen LogP contribution in [0.25, 0.3) is 0 Å². The van der Waals surface area contributed by atoms with Gasteiger partial charge in [0, 0.05) is 41.7 Å². The van der Waals surface area contributed by atoms with Crippen LogP contribution in [0.5, 0.6) is 0 Å². The van der Waals surface area contributed by atoms with E-state index in [0.717, 1.165) is 43.6 Å². The van der Waals surface area contributed by atoms with Gasteiger partial charge < -0.3 is 9.88 Å². The van der Waals surface area contributed by atoms with Gasteiger partial charge in [-0.3, -0.25) is 4.79 Å². The second kappa shape index (κ2) is 5.30. The summed E-state index contributed by atoms with van der Waals surface area (Å²) in [4.78, 5) is 18.3. The summed E-state index contributed by atoms with van der Waals surface area (Å²) in [5.41, 5.74) is 2.23. The molecule has 2 aromatic heterocycles. The summed E-state index contributed by atoms with van der Waals surface area (Å²) in [6.45, 7) is 0.841. The molecule has 1 aliphatic heterocycles. The van der Waals surface area contributed by atoms with Gasteiger partial charge in [0.15, 0.2) is 0 Å². The molecule has 0 bridgehead atoms. The molecule has 2 aliphatic rings. The molecule has 2 aromatic rings. The molecule has 0 saturated heterocycles. The molecule has 1 atom stereocenters. The van der Waals surface area contributed by atoms with Crippen molar-refractivity contribution in [2.45, 2.75) is 51.1 Å². The average Bonchev–Trinajstić information content (AvgIpc) is 3.13. The number of hydrogen-bond donors (Lipinski definition) is 1. The molecule has 0 saturated carbocycles. The molecule has 1 N–H and O–H groups in total. The number of fused-ring (bicyclic) bond motifs is 2. The summed E-state index contributed by atoms with van der Waals surface area (Å²) >= 11 is 1.76. The van der Waals surface area contributed by atoms with E-state index < -0.39 is 0 Å². The van der Waals surface area contributed by atoms with E-state index in [9.17, 15) is 4.79 Å². The number of amides is 1. The Bertz CT molecular complexity index is 673. The maximum absolute atomic E-state index is 12.6. The molecule has 0 fully saturated rings. The lowest BCUT2D eigenvalue weighted by atomic mass is 9.95. The molecule has 1 aliphatic carbocycles. The Labute approximate surface area is 128 Å². The number of nitrogens with zero attached hydrogens (tertiary/aromatic N) is 2. The lowest BCUT2D eigenvalue weighted by Gasteiger charge is -2.25. The topological polar surface area (TPSA) is 46.9 Å². The minimum atomic E-state index is 0.114. The minimum absolute atomic E-state index is 0.114. The lowest BCUT2D eigenvalue weighted by Crippen LogP contribution is -2.41. The van der Waals surface area contributed by atoms with E-state index >= 15 is 0 Å². The molecule has 1 amide bonds. The second-order valence-electron chi connectivity index (χ2n) is 5.96. The predicted molar refractivity (Wildman–Crippen MR) is 82.8 cm³/mol. The van der Waals surface area contributed by atoms with E-state index in [-0.39, 0.29) is 11.9 Å². The van der Waals surface area contributed by atoms with E-state index in [2.05, 4.69) is 20.2 Å². The van der Waals surface area contributed by atoms with Gasteiger partial charge in [-0.15, -0.1) is 11.3 Å². The Balaban J connectivity index is 1.48. The van der Waals surface area contributed by atoms with Gasteiger partial charge >= 0.3 is 0 Å². The summed E-state index contributed by atoms with van der Waals surface area (Å²) in [5, 5.41) is 5.27. The fourth-order valence-corrected chi connectivity index (χ4v) is 4.56. The van der Waals surface area contributed by atoms with Crippen LogP contribution in [-0.2, 0) is 25.8 Å². The first kappa shape index (κ1) is 13.1. The maximum Gasteiger partial charge on any atom is 0.252 e. The van der Waals surface area contributed by atoms with Crippen molar-refractivity contribution in [1.29, 1.82) is 0 Å². The molecule has 4 rings (SSSR count). The first-order valence-corrected chi connectivity index (χ1v) is 8.59. The van der Waals surface area contributed by atoms with E-state index in [4.69, 9.17) is 0 Å². The molecule has 3 heterocycles. The fraction of sp³-hybridized carbons (Fsp3) is 0.500. The molecular weight excluding hydrogens is 282 g/mol. The number of carbonyl (C=O) groups excluding carboxylic acids is 1. The van der Waals surface area contributed by atoms with E-state index in [0.29, 0.717) is 0 Å². The average molecular weight is 301 g/mol. The SMILES string of the molecule is O=C(N[C@H]1CCc2nccn2C1)c1csc2c1CCCC2. The van der Waals surface area contributed by atoms with E-state index in [1.54, 1.807) is 11.3 Å². The third-order valence-electron chi connectivity index (χ3n) is 4.58. The largest absolute Gasteiger partial charge is 0.347 e. The number of thiophene rings is 1.